The fraction of sp³-hybridized carbons (Fsp3) is 0.500. The molecule has 0 bridgehead atoms. The van der Waals surface area contributed by atoms with Crippen molar-refractivity contribution in [3.8, 4) is 0 Å². The molecule has 0 fully saturated rings. The van der Waals surface area contributed by atoms with Gasteiger partial charge in [0.05, 0.1) is 0 Å². The molecule has 21 heavy (non-hydrogen) atoms. The smallest absolute Gasteiger partial charge is 0.251 e. The van der Waals surface area contributed by atoms with Gasteiger partial charge < -0.3 is 16.4 Å². The van der Waals surface area contributed by atoms with Crippen LogP contribution in [-0.2, 0) is 4.79 Å². The number of anilines is 1. The number of nitrogens with two attached hydrogens (primary N) is 1. The molecule has 5 nitrogen and oxygen atoms in total. The van der Waals surface area contributed by atoms with E-state index in [0.717, 1.165) is 24.1 Å². The molecule has 1 atom stereocenters. The number of rotatable bonds is 7. The Kier molecular flexibility index (Phi) is 6.88. The third-order valence-electron chi connectivity index (χ3n) is 3.37. The van der Waals surface area contributed by atoms with Crippen molar-refractivity contribution < 1.29 is 9.59 Å². The van der Waals surface area contributed by atoms with E-state index in [0.29, 0.717) is 18.7 Å². The predicted molar refractivity (Wildman–Crippen MR) is 85.3 cm³/mol. The van der Waals surface area contributed by atoms with E-state index < -0.39 is 0 Å². The van der Waals surface area contributed by atoms with Gasteiger partial charge in [-0.1, -0.05) is 6.92 Å². The molecule has 0 aliphatic carbocycles. The summed E-state index contributed by atoms with van der Waals surface area (Å²) in [7, 11) is 0. The zero-order chi connectivity index (χ0) is 15.8. The van der Waals surface area contributed by atoms with Gasteiger partial charge in [0.25, 0.3) is 5.91 Å². The third kappa shape index (κ3) is 5.19. The van der Waals surface area contributed by atoms with Gasteiger partial charge in [-0.3, -0.25) is 9.59 Å². The summed E-state index contributed by atoms with van der Waals surface area (Å²) in [6.07, 6.45) is 1.61. The van der Waals surface area contributed by atoms with Crippen LogP contribution in [0, 0.1) is 12.8 Å². The number of benzene rings is 1. The molecule has 5 heteroatoms. The summed E-state index contributed by atoms with van der Waals surface area (Å²) >= 11 is 0. The van der Waals surface area contributed by atoms with Crippen molar-refractivity contribution in [3.05, 3.63) is 29.3 Å². The number of nitrogens with one attached hydrogen (secondary N) is 2. The lowest BCUT2D eigenvalue weighted by molar-refractivity contribution is -0.119. The van der Waals surface area contributed by atoms with Crippen molar-refractivity contribution in [2.24, 2.45) is 11.7 Å². The Bertz CT molecular complexity index is 500. The van der Waals surface area contributed by atoms with Gasteiger partial charge in [-0.25, -0.2) is 0 Å². The number of amides is 2. The normalized spacial score (nSPS) is 11.8. The highest BCUT2D eigenvalue weighted by Gasteiger charge is 2.14. The molecule has 0 saturated heterocycles. The Morgan fingerprint density at radius 2 is 2.05 bits per heavy atom. The molecule has 0 radical (unpaired) electrons. The van der Waals surface area contributed by atoms with Crippen LogP contribution in [0.2, 0.25) is 0 Å². The standard InChI is InChI=1S/C16H25N3O2/c1-4-18-16(21)13-7-8-14(12(3)10-13)19-15(20)11(2)6-5-9-17/h7-8,10-11H,4-6,9,17H2,1-3H3,(H,18,21)(H,19,20). The van der Waals surface area contributed by atoms with E-state index in [9.17, 15) is 9.59 Å². The molecule has 0 heterocycles. The summed E-state index contributed by atoms with van der Waals surface area (Å²) in [5.41, 5.74) is 7.67. The van der Waals surface area contributed by atoms with Gasteiger partial charge in [-0.2, -0.15) is 0 Å². The van der Waals surface area contributed by atoms with Crippen molar-refractivity contribution in [2.75, 3.05) is 18.4 Å². The molecule has 0 spiro atoms. The van der Waals surface area contributed by atoms with Crippen LogP contribution in [-0.4, -0.2) is 24.9 Å². The zero-order valence-corrected chi connectivity index (χ0v) is 13.0. The van der Waals surface area contributed by atoms with E-state index in [2.05, 4.69) is 10.6 Å². The first-order chi connectivity index (χ1) is 9.99. The summed E-state index contributed by atoms with van der Waals surface area (Å²) in [5.74, 6) is -0.192. The Balaban J connectivity index is 2.72. The second kappa shape index (κ2) is 8.42. The number of carbonyl (C=O) groups excluding carboxylic acids is 2. The van der Waals surface area contributed by atoms with E-state index in [4.69, 9.17) is 5.73 Å². The van der Waals surface area contributed by atoms with E-state index >= 15 is 0 Å². The molecular weight excluding hydrogens is 266 g/mol. The molecule has 1 aromatic rings. The number of aryl methyl sites for hydroxylation is 1. The molecule has 2 amide bonds. The van der Waals surface area contributed by atoms with Crippen molar-refractivity contribution in [3.63, 3.8) is 0 Å². The summed E-state index contributed by atoms with van der Waals surface area (Å²) in [4.78, 5) is 23.8. The Morgan fingerprint density at radius 1 is 1.33 bits per heavy atom. The minimum Gasteiger partial charge on any atom is -0.352 e. The molecule has 1 rings (SSSR count). The molecule has 0 aliphatic rings. The molecule has 0 aliphatic heterocycles. The van der Waals surface area contributed by atoms with Gasteiger partial charge in [0.15, 0.2) is 0 Å². The highest BCUT2D eigenvalue weighted by Crippen LogP contribution is 2.18. The fourth-order valence-corrected chi connectivity index (χ4v) is 2.02. The molecule has 4 N–H and O–H groups in total. The monoisotopic (exact) mass is 291 g/mol. The van der Waals surface area contributed by atoms with Crippen molar-refractivity contribution in [2.45, 2.75) is 33.6 Å². The van der Waals surface area contributed by atoms with Crippen molar-refractivity contribution in [1.82, 2.24) is 5.32 Å². The maximum absolute atomic E-state index is 12.1. The van der Waals surface area contributed by atoms with E-state index in [1.807, 2.05) is 20.8 Å². The van der Waals surface area contributed by atoms with Gasteiger partial charge in [0.1, 0.15) is 0 Å². The van der Waals surface area contributed by atoms with Gasteiger partial charge in [-0.05, 0) is 57.0 Å². The quantitative estimate of drug-likeness (QED) is 0.719. The first kappa shape index (κ1) is 17.2. The first-order valence-electron chi connectivity index (χ1n) is 7.39. The Morgan fingerprint density at radius 3 is 2.62 bits per heavy atom. The van der Waals surface area contributed by atoms with Crippen molar-refractivity contribution in [1.29, 1.82) is 0 Å². The number of hydrogen-bond acceptors (Lipinski definition) is 3. The number of hydrogen-bond donors (Lipinski definition) is 3. The Labute approximate surface area is 126 Å². The molecule has 0 saturated carbocycles. The lowest BCUT2D eigenvalue weighted by Gasteiger charge is -2.14. The van der Waals surface area contributed by atoms with Crippen molar-refractivity contribution >= 4 is 17.5 Å². The average Bonchev–Trinajstić information content (AvgIpc) is 2.46. The Hall–Kier alpha value is -1.88. The average molecular weight is 291 g/mol. The van der Waals surface area contributed by atoms with Gasteiger partial charge in [-0.15, -0.1) is 0 Å². The third-order valence-corrected chi connectivity index (χ3v) is 3.37. The van der Waals surface area contributed by atoms with Crippen LogP contribution in [0.15, 0.2) is 18.2 Å². The first-order valence-corrected chi connectivity index (χ1v) is 7.39. The molecule has 1 aromatic carbocycles. The fourth-order valence-electron chi connectivity index (χ4n) is 2.02. The van der Waals surface area contributed by atoms with E-state index in [1.54, 1.807) is 18.2 Å². The number of carbonyl (C=O) groups is 2. The lowest BCUT2D eigenvalue weighted by atomic mass is 10.0. The maximum atomic E-state index is 12.1. The van der Waals surface area contributed by atoms with Crippen LogP contribution in [0.5, 0.6) is 0 Å². The van der Waals surface area contributed by atoms with Crippen LogP contribution in [0.25, 0.3) is 0 Å². The summed E-state index contributed by atoms with van der Waals surface area (Å²) in [6, 6.07) is 5.27. The maximum Gasteiger partial charge on any atom is 0.251 e. The summed E-state index contributed by atoms with van der Waals surface area (Å²) in [5, 5.41) is 5.66. The highest BCUT2D eigenvalue weighted by atomic mass is 16.2. The second-order valence-corrected chi connectivity index (χ2v) is 5.21. The molecule has 1 unspecified atom stereocenters. The van der Waals surface area contributed by atoms with E-state index in [1.165, 1.54) is 0 Å². The van der Waals surface area contributed by atoms with Crippen LogP contribution >= 0.6 is 0 Å². The minimum absolute atomic E-state index is 0.0164. The SMILES string of the molecule is CCNC(=O)c1ccc(NC(=O)C(C)CCCN)c(C)c1. The predicted octanol–water partition coefficient (Wildman–Crippen LogP) is 2.06. The van der Waals surface area contributed by atoms with Gasteiger partial charge in [0.2, 0.25) is 5.91 Å². The van der Waals surface area contributed by atoms with Gasteiger partial charge in [0, 0.05) is 23.7 Å². The van der Waals surface area contributed by atoms with E-state index in [-0.39, 0.29) is 17.7 Å². The van der Waals surface area contributed by atoms with Crippen LogP contribution < -0.4 is 16.4 Å². The molecule has 0 aromatic heterocycles. The minimum atomic E-state index is -0.102. The zero-order valence-electron chi connectivity index (χ0n) is 13.0. The van der Waals surface area contributed by atoms with Crippen LogP contribution in [0.3, 0.4) is 0 Å². The molecular formula is C16H25N3O2. The molecule has 116 valence electrons. The highest BCUT2D eigenvalue weighted by molar-refractivity contribution is 5.97. The van der Waals surface area contributed by atoms with Crippen LogP contribution in [0.1, 0.15) is 42.6 Å². The van der Waals surface area contributed by atoms with Crippen LogP contribution in [0.4, 0.5) is 5.69 Å². The largest absolute Gasteiger partial charge is 0.352 e. The lowest BCUT2D eigenvalue weighted by Crippen LogP contribution is -2.23. The second-order valence-electron chi connectivity index (χ2n) is 5.21. The van der Waals surface area contributed by atoms with Gasteiger partial charge >= 0.3 is 0 Å². The summed E-state index contributed by atoms with van der Waals surface area (Å²) < 4.78 is 0. The summed E-state index contributed by atoms with van der Waals surface area (Å²) in [6.45, 7) is 6.83. The topological polar surface area (TPSA) is 84.2 Å².